The van der Waals surface area contributed by atoms with Gasteiger partial charge in [-0.25, -0.2) is 0 Å². The molecule has 3 aromatic carbocycles. The minimum atomic E-state index is 0.0804. The van der Waals surface area contributed by atoms with E-state index in [0.717, 1.165) is 33.4 Å². The van der Waals surface area contributed by atoms with Gasteiger partial charge in [-0.1, -0.05) is 66.7 Å². The van der Waals surface area contributed by atoms with Crippen LogP contribution in [0.15, 0.2) is 72.8 Å². The minimum absolute atomic E-state index is 0.0804. The SMILES string of the molecule is O=C(CCc1ccc2c(c1)C(=O)c1ccccc1-2)c1ccccc1. The van der Waals surface area contributed by atoms with E-state index in [2.05, 4.69) is 0 Å². The van der Waals surface area contributed by atoms with Gasteiger partial charge >= 0.3 is 0 Å². The van der Waals surface area contributed by atoms with Gasteiger partial charge in [-0.15, -0.1) is 0 Å². The highest BCUT2D eigenvalue weighted by Gasteiger charge is 2.26. The molecule has 3 aromatic rings. The van der Waals surface area contributed by atoms with Crippen molar-refractivity contribution in [2.45, 2.75) is 12.8 Å². The summed E-state index contributed by atoms with van der Waals surface area (Å²) >= 11 is 0. The quantitative estimate of drug-likeness (QED) is 0.511. The van der Waals surface area contributed by atoms with Crippen molar-refractivity contribution in [1.29, 1.82) is 0 Å². The summed E-state index contributed by atoms with van der Waals surface area (Å²) in [5.41, 5.74) is 5.28. The van der Waals surface area contributed by atoms with Gasteiger partial charge in [-0.3, -0.25) is 9.59 Å². The third-order valence-electron chi connectivity index (χ3n) is 4.53. The molecule has 116 valence electrons. The molecular formula is C22H16O2. The Kier molecular flexibility index (Phi) is 3.58. The van der Waals surface area contributed by atoms with E-state index in [-0.39, 0.29) is 11.6 Å². The first kappa shape index (κ1) is 14.6. The van der Waals surface area contributed by atoms with Crippen molar-refractivity contribution in [1.82, 2.24) is 0 Å². The summed E-state index contributed by atoms with van der Waals surface area (Å²) in [5.74, 6) is 0.211. The number of carbonyl (C=O) groups excluding carboxylic acids is 2. The van der Waals surface area contributed by atoms with Crippen LogP contribution in [0.5, 0.6) is 0 Å². The first-order chi connectivity index (χ1) is 11.7. The maximum atomic E-state index is 12.5. The third-order valence-corrected chi connectivity index (χ3v) is 4.53. The van der Waals surface area contributed by atoms with Crippen LogP contribution in [-0.4, -0.2) is 11.6 Å². The molecule has 0 N–H and O–H groups in total. The van der Waals surface area contributed by atoms with Gasteiger partial charge in [-0.2, -0.15) is 0 Å². The summed E-state index contributed by atoms with van der Waals surface area (Å²) in [6.45, 7) is 0. The molecule has 1 aliphatic carbocycles. The second-order valence-electron chi connectivity index (χ2n) is 6.04. The van der Waals surface area contributed by atoms with Gasteiger partial charge in [0.1, 0.15) is 0 Å². The Morgan fingerprint density at radius 2 is 1.38 bits per heavy atom. The van der Waals surface area contributed by atoms with E-state index in [0.29, 0.717) is 12.8 Å². The number of benzene rings is 3. The molecular weight excluding hydrogens is 296 g/mol. The molecule has 1 aliphatic rings. The van der Waals surface area contributed by atoms with Gasteiger partial charge in [0.25, 0.3) is 0 Å². The Morgan fingerprint density at radius 3 is 2.17 bits per heavy atom. The lowest BCUT2D eigenvalue weighted by atomic mass is 9.98. The van der Waals surface area contributed by atoms with Crippen LogP contribution in [-0.2, 0) is 6.42 Å². The Morgan fingerprint density at radius 1 is 0.708 bits per heavy atom. The van der Waals surface area contributed by atoms with Crippen molar-refractivity contribution in [3.05, 3.63) is 95.1 Å². The smallest absolute Gasteiger partial charge is 0.194 e. The number of carbonyl (C=O) groups is 2. The molecule has 0 atom stereocenters. The molecule has 0 spiro atoms. The average molecular weight is 312 g/mol. The molecule has 0 fully saturated rings. The molecule has 0 aliphatic heterocycles. The van der Waals surface area contributed by atoms with E-state index in [1.54, 1.807) is 0 Å². The van der Waals surface area contributed by atoms with Gasteiger partial charge in [0, 0.05) is 23.1 Å². The van der Waals surface area contributed by atoms with Crippen LogP contribution >= 0.6 is 0 Å². The normalized spacial score (nSPS) is 11.9. The zero-order valence-corrected chi connectivity index (χ0v) is 13.2. The fourth-order valence-electron chi connectivity index (χ4n) is 3.26. The van der Waals surface area contributed by atoms with E-state index in [4.69, 9.17) is 0 Å². The summed E-state index contributed by atoms with van der Waals surface area (Å²) in [6, 6.07) is 23.0. The van der Waals surface area contributed by atoms with E-state index < -0.39 is 0 Å². The second kappa shape index (κ2) is 5.89. The zero-order chi connectivity index (χ0) is 16.5. The highest BCUT2D eigenvalue weighted by Crippen LogP contribution is 2.36. The van der Waals surface area contributed by atoms with Gasteiger partial charge in [0.15, 0.2) is 11.6 Å². The summed E-state index contributed by atoms with van der Waals surface area (Å²) in [6.07, 6.45) is 1.09. The number of Topliss-reactive ketones (excluding diaryl/α,β-unsaturated/α-hetero) is 1. The van der Waals surface area contributed by atoms with Gasteiger partial charge in [0.2, 0.25) is 0 Å². The molecule has 0 aromatic heterocycles. The van der Waals surface area contributed by atoms with Crippen LogP contribution in [0.2, 0.25) is 0 Å². The molecule has 0 amide bonds. The molecule has 0 saturated carbocycles. The predicted octanol–water partition coefficient (Wildman–Crippen LogP) is 4.71. The lowest BCUT2D eigenvalue weighted by Crippen LogP contribution is -2.02. The molecule has 0 bridgehead atoms. The second-order valence-corrected chi connectivity index (χ2v) is 6.04. The van der Waals surface area contributed by atoms with Crippen LogP contribution in [0, 0.1) is 0 Å². The lowest BCUT2D eigenvalue weighted by Gasteiger charge is -2.05. The number of fused-ring (bicyclic) bond motifs is 3. The van der Waals surface area contributed by atoms with Gasteiger partial charge in [0.05, 0.1) is 0 Å². The average Bonchev–Trinajstić information content (AvgIpc) is 2.93. The fourth-order valence-corrected chi connectivity index (χ4v) is 3.26. The monoisotopic (exact) mass is 312 g/mol. The topological polar surface area (TPSA) is 34.1 Å². The van der Waals surface area contributed by atoms with Crippen molar-refractivity contribution in [3.8, 4) is 11.1 Å². The minimum Gasteiger partial charge on any atom is -0.294 e. The van der Waals surface area contributed by atoms with Crippen molar-refractivity contribution < 1.29 is 9.59 Å². The Labute approximate surface area is 140 Å². The Hall–Kier alpha value is -3.00. The first-order valence-electron chi connectivity index (χ1n) is 8.09. The maximum Gasteiger partial charge on any atom is 0.194 e. The number of hydrogen-bond donors (Lipinski definition) is 0. The van der Waals surface area contributed by atoms with E-state index in [1.807, 2.05) is 72.8 Å². The number of hydrogen-bond acceptors (Lipinski definition) is 2. The Balaban J connectivity index is 1.55. The van der Waals surface area contributed by atoms with Crippen LogP contribution < -0.4 is 0 Å². The third kappa shape index (κ3) is 2.46. The number of rotatable bonds is 4. The molecule has 0 saturated heterocycles. The van der Waals surface area contributed by atoms with Crippen LogP contribution in [0.4, 0.5) is 0 Å². The largest absolute Gasteiger partial charge is 0.294 e. The van der Waals surface area contributed by atoms with Crippen molar-refractivity contribution in [2.75, 3.05) is 0 Å². The first-order valence-corrected chi connectivity index (χ1v) is 8.09. The van der Waals surface area contributed by atoms with Crippen LogP contribution in [0.1, 0.15) is 38.3 Å². The summed E-state index contributed by atoms with van der Waals surface area (Å²) in [5, 5.41) is 0. The molecule has 4 rings (SSSR count). The molecule has 24 heavy (non-hydrogen) atoms. The van der Waals surface area contributed by atoms with Gasteiger partial charge in [-0.05, 0) is 29.2 Å². The van der Waals surface area contributed by atoms with Crippen LogP contribution in [0.3, 0.4) is 0 Å². The van der Waals surface area contributed by atoms with E-state index >= 15 is 0 Å². The summed E-state index contributed by atoms with van der Waals surface area (Å²) in [7, 11) is 0. The maximum absolute atomic E-state index is 12.5. The van der Waals surface area contributed by atoms with Crippen molar-refractivity contribution >= 4 is 11.6 Å². The van der Waals surface area contributed by atoms with Crippen LogP contribution in [0.25, 0.3) is 11.1 Å². The molecule has 2 heteroatoms. The molecule has 0 radical (unpaired) electrons. The van der Waals surface area contributed by atoms with Gasteiger partial charge < -0.3 is 0 Å². The summed E-state index contributed by atoms with van der Waals surface area (Å²) < 4.78 is 0. The molecule has 0 unspecified atom stereocenters. The van der Waals surface area contributed by atoms with E-state index in [9.17, 15) is 9.59 Å². The predicted molar refractivity (Wildman–Crippen MR) is 94.4 cm³/mol. The van der Waals surface area contributed by atoms with E-state index in [1.165, 1.54) is 0 Å². The number of aryl methyl sites for hydroxylation is 1. The van der Waals surface area contributed by atoms with Crippen molar-refractivity contribution in [2.24, 2.45) is 0 Å². The molecule has 2 nitrogen and oxygen atoms in total. The number of ketones is 2. The lowest BCUT2D eigenvalue weighted by molar-refractivity contribution is 0.0982. The highest BCUT2D eigenvalue weighted by atomic mass is 16.1. The Bertz CT molecular complexity index is 939. The standard InChI is InChI=1S/C22H16O2/c23-21(16-6-2-1-3-7-16)13-11-15-10-12-18-17-8-4-5-9-19(17)22(24)20(18)14-15/h1-10,12,14H,11,13H2. The highest BCUT2D eigenvalue weighted by molar-refractivity contribution is 6.21. The fraction of sp³-hybridized carbons (Fsp3) is 0.0909. The zero-order valence-electron chi connectivity index (χ0n) is 13.2. The van der Waals surface area contributed by atoms with Crippen molar-refractivity contribution in [3.63, 3.8) is 0 Å². The molecule has 0 heterocycles. The summed E-state index contributed by atoms with van der Waals surface area (Å²) in [4.78, 5) is 24.8.